The van der Waals surface area contributed by atoms with Gasteiger partial charge in [0.25, 0.3) is 0 Å². The Morgan fingerprint density at radius 2 is 1.53 bits per heavy atom. The van der Waals surface area contributed by atoms with Crippen LogP contribution in [0.4, 0.5) is 0 Å². The second-order valence-electron chi connectivity index (χ2n) is 13.7. The van der Waals surface area contributed by atoms with Crippen molar-refractivity contribution in [2.75, 3.05) is 0 Å². The Balaban J connectivity index is 0.00000180. The molecule has 2 atom stereocenters. The van der Waals surface area contributed by atoms with E-state index in [4.69, 9.17) is 4.98 Å². The van der Waals surface area contributed by atoms with Gasteiger partial charge in [0.15, 0.2) is 0 Å². The van der Waals surface area contributed by atoms with Gasteiger partial charge in [-0.15, -0.1) is 0 Å². The maximum Gasteiger partial charge on any atom is 0.144 e. The molecule has 2 aliphatic carbocycles. The lowest BCUT2D eigenvalue weighted by Crippen LogP contribution is -2.10. The molecule has 1 heterocycles. The van der Waals surface area contributed by atoms with Crippen molar-refractivity contribution >= 4 is 0 Å². The number of hydrogen-bond donors (Lipinski definition) is 0. The van der Waals surface area contributed by atoms with E-state index in [2.05, 4.69) is 113 Å². The van der Waals surface area contributed by atoms with Gasteiger partial charge in [-0.2, -0.15) is 0 Å². The Hall–Kier alpha value is -3.13. The highest BCUT2D eigenvalue weighted by Gasteiger charge is 2.51. The molecule has 1 aromatic heterocycles. The molecule has 3 aromatic carbocycles. The third-order valence-electron chi connectivity index (χ3n) is 10.3. The van der Waals surface area contributed by atoms with Crippen molar-refractivity contribution in [3.8, 4) is 28.2 Å². The maximum atomic E-state index is 5.07. The van der Waals surface area contributed by atoms with E-state index in [1.165, 1.54) is 89.6 Å². The predicted molar refractivity (Wildman–Crippen MR) is 186 cm³/mol. The first kappa shape index (κ1) is 31.3. The van der Waals surface area contributed by atoms with E-state index in [9.17, 15) is 0 Å². The fourth-order valence-corrected chi connectivity index (χ4v) is 7.72. The highest BCUT2D eigenvalue weighted by Crippen LogP contribution is 2.58. The molecule has 228 valence electrons. The van der Waals surface area contributed by atoms with Crippen LogP contribution >= 0.6 is 0 Å². The number of rotatable bonds is 8. The summed E-state index contributed by atoms with van der Waals surface area (Å²) in [7, 11) is 0. The monoisotopic (exact) mass is 574 g/mol. The molecule has 6 rings (SSSR count). The highest BCUT2D eigenvalue weighted by molar-refractivity contribution is 5.79. The Bertz CT molecular complexity index is 1490. The Morgan fingerprint density at radius 3 is 2.16 bits per heavy atom. The van der Waals surface area contributed by atoms with Gasteiger partial charge >= 0.3 is 0 Å². The summed E-state index contributed by atoms with van der Waals surface area (Å²) in [4.78, 5) is 5.07. The zero-order chi connectivity index (χ0) is 30.7. The van der Waals surface area contributed by atoms with Crippen LogP contribution < -0.4 is 0 Å². The van der Waals surface area contributed by atoms with Crippen molar-refractivity contribution in [1.82, 2.24) is 9.55 Å². The van der Waals surface area contributed by atoms with Gasteiger partial charge in [0.1, 0.15) is 5.82 Å². The van der Waals surface area contributed by atoms with Crippen LogP contribution in [0.1, 0.15) is 140 Å². The molecular formula is C41H54N2. The first-order valence-corrected chi connectivity index (χ1v) is 17.2. The highest BCUT2D eigenvalue weighted by atomic mass is 15.1. The van der Waals surface area contributed by atoms with Gasteiger partial charge in [-0.05, 0) is 99.9 Å². The van der Waals surface area contributed by atoms with E-state index in [-0.39, 0.29) is 5.41 Å². The third-order valence-corrected chi connectivity index (χ3v) is 10.3. The fraction of sp³-hybridized carbons (Fsp3) is 0.488. The molecule has 0 bridgehead atoms. The maximum absolute atomic E-state index is 5.07. The van der Waals surface area contributed by atoms with Gasteiger partial charge < -0.3 is 0 Å². The summed E-state index contributed by atoms with van der Waals surface area (Å²) in [5, 5.41) is 0. The lowest BCUT2D eigenvalue weighted by molar-refractivity contribution is 0.443. The molecule has 0 N–H and O–H groups in total. The van der Waals surface area contributed by atoms with E-state index in [1.54, 1.807) is 0 Å². The molecule has 4 aromatic rings. The van der Waals surface area contributed by atoms with Crippen LogP contribution in [0.25, 0.3) is 28.2 Å². The molecule has 2 heteroatoms. The number of hydrogen-bond acceptors (Lipinski definition) is 1. The van der Waals surface area contributed by atoms with Crippen molar-refractivity contribution in [3.05, 3.63) is 95.3 Å². The van der Waals surface area contributed by atoms with E-state index in [0.29, 0.717) is 17.8 Å². The standard InChI is InChI=1S/C39H48N2.C2H6/c1-7-31-25-39(31,6)36-20-19-30(37-33(26(2)3)17-12-18-34(37)27(4)5)24-35(36)38-40-21-22-41(38)32-16-11-15-29(23-32)28-13-9-8-10-14-28;1-2/h11-12,15-24,26-28,31H,7-10,13-14,25H2,1-6H3;1-2H3/t31-,39?;/m0./s1. The quantitative estimate of drug-likeness (QED) is 0.205. The van der Waals surface area contributed by atoms with Crippen LogP contribution in [0.2, 0.25) is 0 Å². The Labute approximate surface area is 262 Å². The smallest absolute Gasteiger partial charge is 0.144 e. The molecule has 2 nitrogen and oxygen atoms in total. The zero-order valence-electron chi connectivity index (χ0n) is 28.1. The minimum absolute atomic E-state index is 0.210. The first-order chi connectivity index (χ1) is 20.8. The second-order valence-corrected chi connectivity index (χ2v) is 13.7. The van der Waals surface area contributed by atoms with E-state index in [1.807, 2.05) is 20.0 Å². The minimum atomic E-state index is 0.210. The summed E-state index contributed by atoms with van der Waals surface area (Å²) >= 11 is 0. The van der Waals surface area contributed by atoms with Gasteiger partial charge in [-0.1, -0.05) is 124 Å². The van der Waals surface area contributed by atoms with Crippen LogP contribution in [0, 0.1) is 5.92 Å². The van der Waals surface area contributed by atoms with Crippen LogP contribution in [-0.4, -0.2) is 9.55 Å². The van der Waals surface area contributed by atoms with Gasteiger partial charge in [-0.25, -0.2) is 4.98 Å². The van der Waals surface area contributed by atoms with Crippen LogP contribution in [0.3, 0.4) is 0 Å². The Kier molecular flexibility index (Phi) is 9.64. The average Bonchev–Trinajstić information content (AvgIpc) is 3.47. The van der Waals surface area contributed by atoms with Gasteiger partial charge in [0.05, 0.1) is 0 Å². The van der Waals surface area contributed by atoms with E-state index >= 15 is 0 Å². The summed E-state index contributed by atoms with van der Waals surface area (Å²) in [5.74, 6) is 3.41. The van der Waals surface area contributed by atoms with E-state index in [0.717, 1.165) is 11.7 Å². The number of nitrogens with zero attached hydrogens (tertiary/aromatic N) is 2. The molecule has 0 amide bonds. The molecule has 2 fully saturated rings. The summed E-state index contributed by atoms with van der Waals surface area (Å²) in [5.41, 5.74) is 11.3. The molecular weight excluding hydrogens is 520 g/mol. The third kappa shape index (κ3) is 6.13. The molecule has 0 radical (unpaired) electrons. The molecule has 0 spiro atoms. The SMILES string of the molecule is CC.CC[C@H]1CC1(C)c1ccc(-c2c(C(C)C)cccc2C(C)C)cc1-c1nccn1-c1cccc(C2CCCCC2)c1. The van der Waals surface area contributed by atoms with Crippen LogP contribution in [0.15, 0.2) is 73.1 Å². The zero-order valence-corrected chi connectivity index (χ0v) is 28.1. The lowest BCUT2D eigenvalue weighted by atomic mass is 9.82. The number of benzene rings is 3. The van der Waals surface area contributed by atoms with E-state index < -0.39 is 0 Å². The predicted octanol–water partition coefficient (Wildman–Crippen LogP) is 12.2. The molecule has 2 aliphatic rings. The van der Waals surface area contributed by atoms with Crippen molar-refractivity contribution in [2.45, 2.75) is 124 Å². The van der Waals surface area contributed by atoms with Gasteiger partial charge in [0.2, 0.25) is 0 Å². The molecule has 1 unspecified atom stereocenters. The second kappa shape index (κ2) is 13.2. The molecule has 0 aliphatic heterocycles. The summed E-state index contributed by atoms with van der Waals surface area (Å²) in [6.45, 7) is 18.1. The minimum Gasteiger partial charge on any atom is -0.300 e. The topological polar surface area (TPSA) is 17.8 Å². The fourth-order valence-electron chi connectivity index (χ4n) is 7.72. The Morgan fingerprint density at radius 1 is 0.860 bits per heavy atom. The van der Waals surface area contributed by atoms with Crippen molar-refractivity contribution < 1.29 is 0 Å². The summed E-state index contributed by atoms with van der Waals surface area (Å²) < 4.78 is 2.35. The van der Waals surface area contributed by atoms with Gasteiger partial charge in [0, 0.05) is 23.6 Å². The van der Waals surface area contributed by atoms with Crippen molar-refractivity contribution in [2.24, 2.45) is 5.92 Å². The molecule has 43 heavy (non-hydrogen) atoms. The summed E-state index contributed by atoms with van der Waals surface area (Å²) in [6.07, 6.45) is 13.4. The summed E-state index contributed by atoms with van der Waals surface area (Å²) in [6, 6.07) is 23.5. The lowest BCUT2D eigenvalue weighted by Gasteiger charge is -2.24. The molecule has 0 saturated heterocycles. The average molecular weight is 575 g/mol. The van der Waals surface area contributed by atoms with Gasteiger partial charge in [-0.3, -0.25) is 4.57 Å². The normalized spacial score (nSPS) is 20.3. The number of imidazole rings is 1. The van der Waals surface area contributed by atoms with Crippen LogP contribution in [-0.2, 0) is 5.41 Å². The largest absolute Gasteiger partial charge is 0.300 e. The first-order valence-electron chi connectivity index (χ1n) is 17.2. The molecule has 2 saturated carbocycles. The number of aromatic nitrogens is 2. The van der Waals surface area contributed by atoms with Crippen molar-refractivity contribution in [3.63, 3.8) is 0 Å². The van der Waals surface area contributed by atoms with Crippen molar-refractivity contribution in [1.29, 1.82) is 0 Å². The van der Waals surface area contributed by atoms with Crippen LogP contribution in [0.5, 0.6) is 0 Å².